The SMILES string of the molecule is CCCC[C@H]1CC[C@H](C(C)(C=O)C2CCCCC2)CC1. The van der Waals surface area contributed by atoms with E-state index in [0.29, 0.717) is 11.8 Å². The van der Waals surface area contributed by atoms with Crippen LogP contribution in [0.1, 0.15) is 90.9 Å². The van der Waals surface area contributed by atoms with E-state index in [1.807, 2.05) is 0 Å². The molecule has 0 radical (unpaired) electrons. The van der Waals surface area contributed by atoms with Gasteiger partial charge in [-0.15, -0.1) is 0 Å². The van der Waals surface area contributed by atoms with Crippen molar-refractivity contribution in [1.82, 2.24) is 0 Å². The maximum Gasteiger partial charge on any atom is 0.126 e. The topological polar surface area (TPSA) is 17.1 Å². The van der Waals surface area contributed by atoms with Crippen LogP contribution in [0.2, 0.25) is 0 Å². The summed E-state index contributed by atoms with van der Waals surface area (Å²) in [6.45, 7) is 4.57. The summed E-state index contributed by atoms with van der Waals surface area (Å²) in [5, 5.41) is 0. The van der Waals surface area contributed by atoms with Crippen LogP contribution in [0, 0.1) is 23.2 Å². The standard InChI is InChI=1S/C19H34O/c1-3-4-8-16-11-13-18(14-12-16)19(2,15-20)17-9-6-5-7-10-17/h15-18H,3-14H2,1-2H3/t16-,18-,19?. The second kappa shape index (κ2) is 7.61. The van der Waals surface area contributed by atoms with Crippen LogP contribution in [0.25, 0.3) is 0 Å². The quantitative estimate of drug-likeness (QED) is 0.564. The van der Waals surface area contributed by atoms with Crippen molar-refractivity contribution in [3.63, 3.8) is 0 Å². The Kier molecular flexibility index (Phi) is 6.11. The van der Waals surface area contributed by atoms with Crippen LogP contribution in [0.3, 0.4) is 0 Å². The summed E-state index contributed by atoms with van der Waals surface area (Å²) >= 11 is 0. The molecule has 0 N–H and O–H groups in total. The van der Waals surface area contributed by atoms with Crippen molar-refractivity contribution in [2.75, 3.05) is 0 Å². The van der Waals surface area contributed by atoms with Gasteiger partial charge in [-0.3, -0.25) is 0 Å². The van der Waals surface area contributed by atoms with Crippen molar-refractivity contribution in [1.29, 1.82) is 0 Å². The van der Waals surface area contributed by atoms with Crippen LogP contribution >= 0.6 is 0 Å². The Morgan fingerprint density at radius 3 is 2.10 bits per heavy atom. The highest BCUT2D eigenvalue weighted by atomic mass is 16.1. The number of carbonyl (C=O) groups is 1. The van der Waals surface area contributed by atoms with Crippen LogP contribution in [0.15, 0.2) is 0 Å². The van der Waals surface area contributed by atoms with E-state index in [9.17, 15) is 4.79 Å². The molecule has 2 saturated carbocycles. The van der Waals surface area contributed by atoms with Gasteiger partial charge in [0, 0.05) is 5.41 Å². The minimum Gasteiger partial charge on any atom is -0.303 e. The van der Waals surface area contributed by atoms with E-state index in [2.05, 4.69) is 13.8 Å². The van der Waals surface area contributed by atoms with Gasteiger partial charge in [0.1, 0.15) is 6.29 Å². The Labute approximate surface area is 125 Å². The smallest absolute Gasteiger partial charge is 0.126 e. The summed E-state index contributed by atoms with van der Waals surface area (Å²) in [7, 11) is 0. The highest BCUT2D eigenvalue weighted by Gasteiger charge is 2.42. The highest BCUT2D eigenvalue weighted by Crippen LogP contribution is 2.48. The van der Waals surface area contributed by atoms with E-state index in [1.54, 1.807) is 0 Å². The average molecular weight is 278 g/mol. The van der Waals surface area contributed by atoms with Crippen LogP contribution in [-0.4, -0.2) is 6.29 Å². The fourth-order valence-electron chi connectivity index (χ4n) is 4.82. The molecule has 0 amide bonds. The number of unbranched alkanes of at least 4 members (excludes halogenated alkanes) is 1. The molecule has 0 saturated heterocycles. The molecular formula is C19H34O. The summed E-state index contributed by atoms with van der Waals surface area (Å²) in [5.41, 5.74) is -0.0177. The Morgan fingerprint density at radius 2 is 1.55 bits per heavy atom. The molecule has 20 heavy (non-hydrogen) atoms. The van der Waals surface area contributed by atoms with Crippen LogP contribution in [-0.2, 0) is 4.79 Å². The zero-order chi connectivity index (χ0) is 14.4. The molecule has 0 aromatic carbocycles. The molecule has 1 nitrogen and oxygen atoms in total. The zero-order valence-corrected chi connectivity index (χ0v) is 13.7. The largest absolute Gasteiger partial charge is 0.303 e. The third-order valence-electron chi connectivity index (χ3n) is 6.43. The molecular weight excluding hydrogens is 244 g/mol. The van der Waals surface area contributed by atoms with Crippen LogP contribution in [0.4, 0.5) is 0 Å². The van der Waals surface area contributed by atoms with Gasteiger partial charge in [0.05, 0.1) is 0 Å². The lowest BCUT2D eigenvalue weighted by molar-refractivity contribution is -0.124. The summed E-state index contributed by atoms with van der Waals surface area (Å²) < 4.78 is 0. The maximum absolute atomic E-state index is 11.9. The summed E-state index contributed by atoms with van der Waals surface area (Å²) in [6, 6.07) is 0. The fourth-order valence-corrected chi connectivity index (χ4v) is 4.82. The minimum absolute atomic E-state index is 0.0177. The van der Waals surface area contributed by atoms with Crippen molar-refractivity contribution >= 4 is 6.29 Å². The van der Waals surface area contributed by atoms with Gasteiger partial charge < -0.3 is 4.79 Å². The lowest BCUT2D eigenvalue weighted by atomic mass is 9.59. The summed E-state index contributed by atoms with van der Waals surface area (Å²) in [4.78, 5) is 11.9. The Bertz CT molecular complexity index is 284. The highest BCUT2D eigenvalue weighted by molar-refractivity contribution is 5.60. The molecule has 116 valence electrons. The number of carbonyl (C=O) groups excluding carboxylic acids is 1. The molecule has 2 rings (SSSR count). The van der Waals surface area contributed by atoms with Crippen molar-refractivity contribution in [3.8, 4) is 0 Å². The Hall–Kier alpha value is -0.330. The first kappa shape index (κ1) is 16.0. The molecule has 1 heteroatoms. The van der Waals surface area contributed by atoms with Gasteiger partial charge in [-0.2, -0.15) is 0 Å². The van der Waals surface area contributed by atoms with E-state index in [1.165, 1.54) is 83.3 Å². The fraction of sp³-hybridized carbons (Fsp3) is 0.947. The van der Waals surface area contributed by atoms with Crippen LogP contribution in [0.5, 0.6) is 0 Å². The minimum atomic E-state index is -0.0177. The van der Waals surface area contributed by atoms with Crippen molar-refractivity contribution in [2.24, 2.45) is 23.2 Å². The monoisotopic (exact) mass is 278 g/mol. The maximum atomic E-state index is 11.9. The molecule has 0 aliphatic heterocycles. The first-order valence-electron chi connectivity index (χ1n) is 9.17. The Morgan fingerprint density at radius 1 is 0.950 bits per heavy atom. The number of aldehydes is 1. The molecule has 2 aliphatic carbocycles. The zero-order valence-electron chi connectivity index (χ0n) is 13.7. The molecule has 0 aromatic rings. The first-order chi connectivity index (χ1) is 9.70. The van der Waals surface area contributed by atoms with Gasteiger partial charge in [0.25, 0.3) is 0 Å². The van der Waals surface area contributed by atoms with Gasteiger partial charge in [-0.05, 0) is 43.4 Å². The molecule has 1 atom stereocenters. The predicted octanol–water partition coefficient (Wildman–Crippen LogP) is 5.77. The summed E-state index contributed by atoms with van der Waals surface area (Å²) in [5.74, 6) is 2.29. The van der Waals surface area contributed by atoms with E-state index >= 15 is 0 Å². The number of hydrogen-bond acceptors (Lipinski definition) is 1. The summed E-state index contributed by atoms with van der Waals surface area (Å²) in [6.07, 6.45) is 17.5. The molecule has 0 bridgehead atoms. The lowest BCUT2D eigenvalue weighted by Gasteiger charge is -2.44. The van der Waals surface area contributed by atoms with Crippen molar-refractivity contribution < 1.29 is 4.79 Å². The third kappa shape index (κ3) is 3.65. The molecule has 2 fully saturated rings. The van der Waals surface area contributed by atoms with Gasteiger partial charge >= 0.3 is 0 Å². The molecule has 0 aromatic heterocycles. The number of hydrogen-bond donors (Lipinski definition) is 0. The normalized spacial score (nSPS) is 31.7. The number of rotatable bonds is 6. The van der Waals surface area contributed by atoms with E-state index in [-0.39, 0.29) is 5.41 Å². The van der Waals surface area contributed by atoms with E-state index < -0.39 is 0 Å². The third-order valence-corrected chi connectivity index (χ3v) is 6.43. The van der Waals surface area contributed by atoms with Gasteiger partial charge in [-0.25, -0.2) is 0 Å². The van der Waals surface area contributed by atoms with Crippen molar-refractivity contribution in [3.05, 3.63) is 0 Å². The first-order valence-corrected chi connectivity index (χ1v) is 9.17. The van der Waals surface area contributed by atoms with Crippen LogP contribution < -0.4 is 0 Å². The molecule has 0 heterocycles. The second-order valence-electron chi connectivity index (χ2n) is 7.68. The van der Waals surface area contributed by atoms with E-state index in [4.69, 9.17) is 0 Å². The Balaban J connectivity index is 1.90. The van der Waals surface area contributed by atoms with Crippen molar-refractivity contribution in [2.45, 2.75) is 90.9 Å². The molecule has 1 unspecified atom stereocenters. The van der Waals surface area contributed by atoms with E-state index in [0.717, 1.165) is 5.92 Å². The predicted molar refractivity (Wildman–Crippen MR) is 85.7 cm³/mol. The molecule has 2 aliphatic rings. The van der Waals surface area contributed by atoms with Gasteiger partial charge in [-0.1, -0.05) is 65.2 Å². The second-order valence-corrected chi connectivity index (χ2v) is 7.68. The van der Waals surface area contributed by atoms with Gasteiger partial charge in [0.2, 0.25) is 0 Å². The molecule has 0 spiro atoms. The lowest BCUT2D eigenvalue weighted by Crippen LogP contribution is -2.40. The average Bonchev–Trinajstić information content (AvgIpc) is 2.53. The van der Waals surface area contributed by atoms with Gasteiger partial charge in [0.15, 0.2) is 0 Å².